The lowest BCUT2D eigenvalue weighted by Gasteiger charge is -2.02. The molecule has 0 atom stereocenters. The van der Waals surface area contributed by atoms with Crippen LogP contribution in [-0.4, -0.2) is 10.9 Å². The molecule has 0 saturated heterocycles. The van der Waals surface area contributed by atoms with Crippen molar-refractivity contribution < 1.29 is 4.79 Å². The van der Waals surface area contributed by atoms with Crippen LogP contribution in [0.3, 0.4) is 0 Å². The van der Waals surface area contributed by atoms with Gasteiger partial charge in [-0.05, 0) is 18.6 Å². The van der Waals surface area contributed by atoms with Crippen molar-refractivity contribution >= 4 is 17.5 Å². The number of carbonyl (C=O) groups is 1. The highest BCUT2D eigenvalue weighted by molar-refractivity contribution is 6.29. The predicted octanol–water partition coefficient (Wildman–Crippen LogP) is 0.647. The number of hydrazine groups is 1. The van der Waals surface area contributed by atoms with Crippen molar-refractivity contribution in [2.45, 2.75) is 6.92 Å². The first-order chi connectivity index (χ1) is 5.65. The smallest absolute Gasteiger partial charge is 0.265 e. The van der Waals surface area contributed by atoms with Gasteiger partial charge in [0, 0.05) is 11.8 Å². The fourth-order valence-corrected chi connectivity index (χ4v) is 0.979. The Labute approximate surface area is 74.7 Å². The molecule has 0 fully saturated rings. The van der Waals surface area contributed by atoms with E-state index in [1.54, 1.807) is 6.92 Å². The number of carbonyl (C=O) groups excluding carboxylic acids is 1. The van der Waals surface area contributed by atoms with Crippen molar-refractivity contribution in [1.82, 2.24) is 10.4 Å². The Balaban J connectivity index is 3.13. The second kappa shape index (κ2) is 3.51. The van der Waals surface area contributed by atoms with Crippen LogP contribution in [0.5, 0.6) is 0 Å². The molecular weight excluding hydrogens is 178 g/mol. The first-order valence-electron chi connectivity index (χ1n) is 3.28. The van der Waals surface area contributed by atoms with Gasteiger partial charge in [0.2, 0.25) is 0 Å². The first-order valence-corrected chi connectivity index (χ1v) is 3.66. The topological polar surface area (TPSA) is 68.0 Å². The summed E-state index contributed by atoms with van der Waals surface area (Å²) in [4.78, 5) is 14.9. The summed E-state index contributed by atoms with van der Waals surface area (Å²) < 4.78 is 0. The molecule has 0 aliphatic heterocycles. The van der Waals surface area contributed by atoms with Gasteiger partial charge in [0.1, 0.15) is 5.15 Å². The maximum Gasteiger partial charge on any atom is 0.265 e. The third-order valence-corrected chi connectivity index (χ3v) is 1.65. The van der Waals surface area contributed by atoms with E-state index in [9.17, 15) is 4.79 Å². The summed E-state index contributed by atoms with van der Waals surface area (Å²) in [6.07, 6.45) is 1.52. The van der Waals surface area contributed by atoms with Gasteiger partial charge in [0.05, 0.1) is 0 Å². The Morgan fingerprint density at radius 3 is 3.00 bits per heavy atom. The van der Waals surface area contributed by atoms with Crippen molar-refractivity contribution in [3.63, 3.8) is 0 Å². The maximum atomic E-state index is 11.1. The van der Waals surface area contributed by atoms with Crippen molar-refractivity contribution in [2.24, 2.45) is 5.84 Å². The Kier molecular flexibility index (Phi) is 2.62. The van der Waals surface area contributed by atoms with Gasteiger partial charge in [-0.1, -0.05) is 11.6 Å². The molecule has 0 radical (unpaired) electrons. The third kappa shape index (κ3) is 1.72. The van der Waals surface area contributed by atoms with Gasteiger partial charge in [-0.25, -0.2) is 10.8 Å². The van der Waals surface area contributed by atoms with Crippen molar-refractivity contribution in [1.29, 1.82) is 0 Å². The number of nitrogens with one attached hydrogen (secondary N) is 1. The maximum absolute atomic E-state index is 11.1. The van der Waals surface area contributed by atoms with Gasteiger partial charge in [0.25, 0.3) is 5.91 Å². The van der Waals surface area contributed by atoms with Gasteiger partial charge in [-0.2, -0.15) is 0 Å². The molecule has 1 aromatic rings. The molecule has 1 amide bonds. The molecule has 3 N–H and O–H groups in total. The van der Waals surface area contributed by atoms with Crippen LogP contribution in [0.1, 0.15) is 15.9 Å². The van der Waals surface area contributed by atoms with E-state index in [1.165, 1.54) is 12.3 Å². The molecule has 1 aromatic heterocycles. The number of aryl methyl sites for hydroxylation is 1. The normalized spacial score (nSPS) is 9.58. The highest BCUT2D eigenvalue weighted by Gasteiger charge is 2.07. The van der Waals surface area contributed by atoms with Gasteiger partial charge < -0.3 is 0 Å². The van der Waals surface area contributed by atoms with E-state index >= 15 is 0 Å². The molecule has 0 aromatic carbocycles. The zero-order valence-corrected chi connectivity index (χ0v) is 7.22. The molecule has 12 heavy (non-hydrogen) atoms. The van der Waals surface area contributed by atoms with E-state index in [0.717, 1.165) is 5.56 Å². The van der Waals surface area contributed by atoms with Gasteiger partial charge in [-0.15, -0.1) is 0 Å². The van der Waals surface area contributed by atoms with Crippen LogP contribution in [0.25, 0.3) is 0 Å². The Bertz CT molecular complexity index is 314. The summed E-state index contributed by atoms with van der Waals surface area (Å²) in [7, 11) is 0. The van der Waals surface area contributed by atoms with E-state index in [-0.39, 0.29) is 11.1 Å². The molecule has 0 bridgehead atoms. The lowest BCUT2D eigenvalue weighted by molar-refractivity contribution is 0.0953. The van der Waals surface area contributed by atoms with Crippen LogP contribution in [0, 0.1) is 6.92 Å². The quantitative estimate of drug-likeness (QED) is 0.292. The second-order valence-corrected chi connectivity index (χ2v) is 2.68. The van der Waals surface area contributed by atoms with Crippen LogP contribution >= 0.6 is 11.6 Å². The number of amides is 1. The Morgan fingerprint density at radius 1 is 1.75 bits per heavy atom. The van der Waals surface area contributed by atoms with Crippen LogP contribution in [0.15, 0.2) is 12.3 Å². The summed E-state index contributed by atoms with van der Waals surface area (Å²) in [5, 5.41) is 0.277. The molecule has 64 valence electrons. The predicted molar refractivity (Wildman–Crippen MR) is 45.6 cm³/mol. The van der Waals surface area contributed by atoms with E-state index < -0.39 is 0 Å². The molecule has 0 spiro atoms. The van der Waals surface area contributed by atoms with Crippen LogP contribution in [0.2, 0.25) is 5.15 Å². The molecule has 0 aliphatic carbocycles. The monoisotopic (exact) mass is 185 g/mol. The number of nitrogen functional groups attached to an aromatic ring is 1. The zero-order valence-electron chi connectivity index (χ0n) is 6.47. The number of nitrogens with two attached hydrogens (primary N) is 1. The number of rotatable bonds is 1. The Morgan fingerprint density at radius 2 is 2.42 bits per heavy atom. The van der Waals surface area contributed by atoms with Gasteiger partial charge in [-0.3, -0.25) is 10.2 Å². The van der Waals surface area contributed by atoms with Crippen LogP contribution in [0.4, 0.5) is 0 Å². The number of aromatic nitrogens is 1. The van der Waals surface area contributed by atoms with E-state index in [0.29, 0.717) is 5.56 Å². The first kappa shape index (κ1) is 8.96. The third-order valence-electron chi connectivity index (χ3n) is 1.45. The average molecular weight is 186 g/mol. The van der Waals surface area contributed by atoms with Crippen LogP contribution in [-0.2, 0) is 0 Å². The average Bonchev–Trinajstić information content (AvgIpc) is 2.08. The van der Waals surface area contributed by atoms with Crippen molar-refractivity contribution in [3.8, 4) is 0 Å². The number of halogens is 1. The lowest BCUT2D eigenvalue weighted by Crippen LogP contribution is -2.30. The molecule has 1 heterocycles. The lowest BCUT2D eigenvalue weighted by atomic mass is 10.1. The van der Waals surface area contributed by atoms with Gasteiger partial charge in [0.15, 0.2) is 0 Å². The SMILES string of the molecule is Cc1cnc(Cl)cc1C(=O)NN. The summed E-state index contributed by atoms with van der Waals surface area (Å²) in [5.41, 5.74) is 3.20. The standard InChI is InChI=1S/C7H8ClN3O/c1-4-3-10-6(8)2-5(4)7(12)11-9/h2-3H,9H2,1H3,(H,11,12). The van der Waals surface area contributed by atoms with Crippen molar-refractivity contribution in [3.05, 3.63) is 28.5 Å². The number of pyridine rings is 1. The fourth-order valence-electron chi connectivity index (χ4n) is 0.821. The minimum atomic E-state index is -0.364. The molecule has 0 unspecified atom stereocenters. The highest BCUT2D eigenvalue weighted by atomic mass is 35.5. The molecule has 1 rings (SSSR count). The summed E-state index contributed by atoms with van der Waals surface area (Å²) in [6.45, 7) is 1.76. The molecule has 0 aliphatic rings. The molecule has 0 saturated carbocycles. The van der Waals surface area contributed by atoms with E-state index in [2.05, 4.69) is 4.98 Å². The highest BCUT2D eigenvalue weighted by Crippen LogP contribution is 2.11. The number of hydrogen-bond acceptors (Lipinski definition) is 3. The molecular formula is C7H8ClN3O. The zero-order chi connectivity index (χ0) is 9.14. The van der Waals surface area contributed by atoms with Crippen LogP contribution < -0.4 is 11.3 Å². The van der Waals surface area contributed by atoms with E-state index in [1.807, 2.05) is 5.43 Å². The molecule has 5 heteroatoms. The largest absolute Gasteiger partial charge is 0.290 e. The fraction of sp³-hybridized carbons (Fsp3) is 0.143. The summed E-state index contributed by atoms with van der Waals surface area (Å²) in [6, 6.07) is 1.47. The molecule has 4 nitrogen and oxygen atoms in total. The minimum absolute atomic E-state index is 0.277. The van der Waals surface area contributed by atoms with E-state index in [4.69, 9.17) is 17.4 Å². The van der Waals surface area contributed by atoms with Gasteiger partial charge >= 0.3 is 0 Å². The minimum Gasteiger partial charge on any atom is -0.290 e. The second-order valence-electron chi connectivity index (χ2n) is 2.30. The summed E-state index contributed by atoms with van der Waals surface area (Å²) >= 11 is 5.59. The number of hydrogen-bond donors (Lipinski definition) is 2. The summed E-state index contributed by atoms with van der Waals surface area (Å²) in [5.74, 6) is 4.60. The Hall–Kier alpha value is -1.13. The number of nitrogens with zero attached hydrogens (tertiary/aromatic N) is 1. The van der Waals surface area contributed by atoms with Crippen molar-refractivity contribution in [2.75, 3.05) is 0 Å².